The van der Waals surface area contributed by atoms with Gasteiger partial charge in [-0.3, -0.25) is 9.11 Å². The zero-order chi connectivity index (χ0) is 23.9. The van der Waals surface area contributed by atoms with Crippen molar-refractivity contribution >= 4 is 27.7 Å². The smallest absolute Gasteiger partial charge is 0.146 e. The summed E-state index contributed by atoms with van der Waals surface area (Å²) < 4.78 is 40.5. The Morgan fingerprint density at radius 2 is 2.00 bits per heavy atom. The van der Waals surface area contributed by atoms with Crippen LogP contribution in [0.3, 0.4) is 0 Å². The van der Waals surface area contributed by atoms with Crippen LogP contribution >= 0.6 is 0 Å². The van der Waals surface area contributed by atoms with Crippen molar-refractivity contribution in [2.45, 2.75) is 43.9 Å². The number of hydrogen-bond donors (Lipinski definition) is 1. The molecule has 10 heteroatoms. The predicted octanol–water partition coefficient (Wildman–Crippen LogP) is 3.15. The lowest BCUT2D eigenvalue weighted by atomic mass is 9.85. The lowest BCUT2D eigenvalue weighted by Crippen LogP contribution is -2.50. The van der Waals surface area contributed by atoms with E-state index in [0.717, 1.165) is 62.5 Å². The molecule has 8 nitrogen and oxygen atoms in total. The highest BCUT2D eigenvalue weighted by molar-refractivity contribution is 7.85. The van der Waals surface area contributed by atoms with Crippen LogP contribution in [-0.4, -0.2) is 73.6 Å². The van der Waals surface area contributed by atoms with E-state index in [-0.39, 0.29) is 18.0 Å². The van der Waals surface area contributed by atoms with E-state index >= 15 is 4.39 Å². The number of nitrogen functional groups attached to an aromatic ring is 1. The van der Waals surface area contributed by atoms with Crippen molar-refractivity contribution in [2.75, 3.05) is 43.5 Å². The Labute approximate surface area is 206 Å². The number of nitrogens with two attached hydrogens (primary N) is 1. The molecule has 35 heavy (non-hydrogen) atoms. The number of ether oxygens (including phenoxy) is 2. The molecule has 0 spiro atoms. The summed E-state index contributed by atoms with van der Waals surface area (Å²) >= 11 is 0. The first kappa shape index (κ1) is 22.9. The van der Waals surface area contributed by atoms with Crippen LogP contribution in [0.4, 0.5) is 10.2 Å². The monoisotopic (exact) mass is 499 g/mol. The summed E-state index contributed by atoms with van der Waals surface area (Å²) in [6, 6.07) is 5.54. The second kappa shape index (κ2) is 9.48. The standard InChI is InChI=1S/C25H30FN5O3S/c26-22-4-3-18(34-14-19-2-1-7-33-19)12-20(22)21-13-31(25-23(21)24(27)28-15-29-25)17-10-16(11-17)30-5-8-35(32)9-6-30/h3-4,12-13,15-17,19H,1-2,5-11,14H2,(H2,27,28,29)/t16?,17?,19-/m1/s1. The maximum absolute atomic E-state index is 15.1. The number of rotatable bonds is 6. The number of halogens is 1. The molecule has 2 saturated heterocycles. The van der Waals surface area contributed by atoms with Gasteiger partial charge in [-0.05, 0) is 43.9 Å². The average molecular weight is 500 g/mol. The highest BCUT2D eigenvalue weighted by Crippen LogP contribution is 2.42. The molecule has 0 amide bonds. The Morgan fingerprint density at radius 1 is 1.17 bits per heavy atom. The van der Waals surface area contributed by atoms with Gasteiger partial charge in [0.05, 0.1) is 11.5 Å². The molecular weight excluding hydrogens is 469 g/mol. The summed E-state index contributed by atoms with van der Waals surface area (Å²) in [6.07, 6.45) is 7.49. The maximum atomic E-state index is 15.1. The molecule has 4 heterocycles. The topological polar surface area (TPSA) is 95.5 Å². The minimum Gasteiger partial charge on any atom is -0.491 e. The van der Waals surface area contributed by atoms with E-state index in [9.17, 15) is 4.21 Å². The van der Waals surface area contributed by atoms with Crippen LogP contribution in [0.5, 0.6) is 5.75 Å². The first-order valence-corrected chi connectivity index (χ1v) is 13.8. The van der Waals surface area contributed by atoms with Gasteiger partial charge in [-0.1, -0.05) is 0 Å². The van der Waals surface area contributed by atoms with Crippen molar-refractivity contribution in [3.05, 3.63) is 36.5 Å². The fraction of sp³-hybridized carbons (Fsp3) is 0.520. The molecule has 1 aliphatic carbocycles. The van der Waals surface area contributed by atoms with Gasteiger partial charge >= 0.3 is 0 Å². The number of anilines is 1. The minimum atomic E-state index is -0.677. The largest absolute Gasteiger partial charge is 0.491 e. The van der Waals surface area contributed by atoms with E-state index in [1.807, 2.05) is 6.20 Å². The molecule has 1 atom stereocenters. The maximum Gasteiger partial charge on any atom is 0.146 e. The lowest BCUT2D eigenvalue weighted by Gasteiger charge is -2.44. The molecule has 2 aliphatic heterocycles. The van der Waals surface area contributed by atoms with Crippen LogP contribution < -0.4 is 10.5 Å². The van der Waals surface area contributed by atoms with E-state index in [2.05, 4.69) is 19.4 Å². The van der Waals surface area contributed by atoms with Gasteiger partial charge < -0.3 is 19.8 Å². The Balaban J connectivity index is 1.28. The molecule has 3 aliphatic rings. The Kier molecular flexibility index (Phi) is 6.19. The zero-order valence-electron chi connectivity index (χ0n) is 19.6. The van der Waals surface area contributed by atoms with Gasteiger partial charge in [0, 0.05) is 71.4 Å². The van der Waals surface area contributed by atoms with E-state index in [4.69, 9.17) is 15.2 Å². The van der Waals surface area contributed by atoms with Crippen LogP contribution in [0.15, 0.2) is 30.7 Å². The molecule has 3 aromatic rings. The molecule has 0 unspecified atom stereocenters. The van der Waals surface area contributed by atoms with E-state index in [1.54, 1.807) is 12.1 Å². The van der Waals surface area contributed by atoms with Crippen molar-refractivity contribution in [1.82, 2.24) is 19.4 Å². The highest BCUT2D eigenvalue weighted by Gasteiger charge is 2.37. The fourth-order valence-corrected chi connectivity index (χ4v) is 6.54. The van der Waals surface area contributed by atoms with Crippen LogP contribution in [0, 0.1) is 5.82 Å². The number of benzene rings is 1. The molecular formula is C25H30FN5O3S. The SMILES string of the molecule is Nc1ncnc2c1c(-c1cc(OC[C@H]3CCCO3)ccc1F)cn2C1CC(N2CCS(=O)CC2)C1. The summed E-state index contributed by atoms with van der Waals surface area (Å²) in [6.45, 7) is 2.99. The third kappa shape index (κ3) is 4.43. The Bertz CT molecular complexity index is 1250. The van der Waals surface area contributed by atoms with Crippen molar-refractivity contribution in [3.8, 4) is 16.9 Å². The predicted molar refractivity (Wildman–Crippen MR) is 133 cm³/mol. The molecule has 6 rings (SSSR count). The molecule has 0 bridgehead atoms. The molecule has 3 fully saturated rings. The average Bonchev–Trinajstić information content (AvgIpc) is 3.48. The Morgan fingerprint density at radius 3 is 2.77 bits per heavy atom. The summed E-state index contributed by atoms with van der Waals surface area (Å²) in [7, 11) is -0.677. The van der Waals surface area contributed by atoms with Gasteiger partial charge in [0.15, 0.2) is 0 Å². The van der Waals surface area contributed by atoms with Crippen LogP contribution in [0.25, 0.3) is 22.2 Å². The van der Waals surface area contributed by atoms with E-state index in [0.29, 0.717) is 40.7 Å². The Hall–Kier alpha value is -2.56. The summed E-state index contributed by atoms with van der Waals surface area (Å²) in [5.74, 6) is 2.10. The van der Waals surface area contributed by atoms with Crippen molar-refractivity contribution in [3.63, 3.8) is 0 Å². The molecule has 2 N–H and O–H groups in total. The molecule has 2 aromatic heterocycles. The van der Waals surface area contributed by atoms with Crippen LogP contribution in [0.1, 0.15) is 31.7 Å². The van der Waals surface area contributed by atoms with Crippen LogP contribution in [-0.2, 0) is 15.5 Å². The number of fused-ring (bicyclic) bond motifs is 1. The molecule has 1 saturated carbocycles. The van der Waals surface area contributed by atoms with E-state index in [1.165, 1.54) is 12.4 Å². The third-order valence-electron chi connectivity index (χ3n) is 7.54. The van der Waals surface area contributed by atoms with Crippen molar-refractivity contribution in [1.29, 1.82) is 0 Å². The zero-order valence-corrected chi connectivity index (χ0v) is 20.4. The molecule has 1 aromatic carbocycles. The van der Waals surface area contributed by atoms with Gasteiger partial charge in [-0.15, -0.1) is 0 Å². The van der Waals surface area contributed by atoms with Gasteiger partial charge in [0.25, 0.3) is 0 Å². The van der Waals surface area contributed by atoms with Crippen molar-refractivity contribution < 1.29 is 18.1 Å². The summed E-state index contributed by atoms with van der Waals surface area (Å²) in [5, 5.41) is 0.666. The first-order chi connectivity index (χ1) is 17.1. The normalized spacial score (nSPS) is 25.7. The minimum absolute atomic E-state index is 0.0842. The van der Waals surface area contributed by atoms with Gasteiger partial charge in [-0.25, -0.2) is 14.4 Å². The fourth-order valence-electron chi connectivity index (χ4n) is 5.46. The van der Waals surface area contributed by atoms with Gasteiger partial charge in [-0.2, -0.15) is 0 Å². The number of nitrogens with zero attached hydrogens (tertiary/aromatic N) is 4. The van der Waals surface area contributed by atoms with Gasteiger partial charge in [0.1, 0.15) is 36.0 Å². The quantitative estimate of drug-likeness (QED) is 0.557. The highest BCUT2D eigenvalue weighted by atomic mass is 32.2. The second-order valence-corrected chi connectivity index (χ2v) is 11.4. The van der Waals surface area contributed by atoms with Crippen molar-refractivity contribution in [2.24, 2.45) is 0 Å². The third-order valence-corrected chi connectivity index (χ3v) is 8.81. The lowest BCUT2D eigenvalue weighted by molar-refractivity contribution is 0.0679. The number of hydrogen-bond acceptors (Lipinski definition) is 7. The van der Waals surface area contributed by atoms with Gasteiger partial charge in [0.2, 0.25) is 0 Å². The summed E-state index contributed by atoms with van der Waals surface area (Å²) in [4.78, 5) is 11.2. The second-order valence-electron chi connectivity index (χ2n) is 9.66. The molecule has 186 valence electrons. The number of aromatic nitrogens is 3. The van der Waals surface area contributed by atoms with Crippen LogP contribution in [0.2, 0.25) is 0 Å². The first-order valence-electron chi connectivity index (χ1n) is 12.3. The van der Waals surface area contributed by atoms with E-state index < -0.39 is 10.8 Å². The summed E-state index contributed by atoms with van der Waals surface area (Å²) in [5.41, 5.74) is 8.11. The molecule has 0 radical (unpaired) electrons.